The fourth-order valence-electron chi connectivity index (χ4n) is 2.16. The highest BCUT2D eigenvalue weighted by molar-refractivity contribution is 7.21. The van der Waals surface area contributed by atoms with Crippen LogP contribution in [0.5, 0.6) is 0 Å². The van der Waals surface area contributed by atoms with Crippen LogP contribution in [0.15, 0.2) is 47.3 Å². The Morgan fingerprint density at radius 2 is 2.00 bits per heavy atom. The smallest absolute Gasteiger partial charge is 0.279 e. The topological polar surface area (TPSA) is 81.2 Å². The summed E-state index contributed by atoms with van der Waals surface area (Å²) in [6.07, 6.45) is 0. The second-order valence-electron chi connectivity index (χ2n) is 4.98. The van der Waals surface area contributed by atoms with E-state index in [-0.39, 0.29) is 17.2 Å². The van der Waals surface area contributed by atoms with Gasteiger partial charge >= 0.3 is 0 Å². The zero-order valence-electron chi connectivity index (χ0n) is 13.0. The molecule has 0 bridgehead atoms. The largest absolute Gasteiger partial charge is 0.383 e. The Morgan fingerprint density at radius 1 is 1.17 bits per heavy atom. The van der Waals surface area contributed by atoms with Crippen molar-refractivity contribution in [1.29, 1.82) is 0 Å². The monoisotopic (exact) mass is 341 g/mol. The molecule has 1 N–H and O–H groups in total. The Bertz CT molecular complexity index is 940. The molecule has 0 saturated heterocycles. The van der Waals surface area contributed by atoms with E-state index in [1.165, 1.54) is 11.3 Å². The molecule has 0 unspecified atom stereocenters. The quantitative estimate of drug-likeness (QED) is 0.719. The standard InChI is InChI=1S/C17H15N3O3S/c1-23-10-9-18-16(22)12-6-4-7-13(19-12)17-20-15(21)11-5-2-3-8-14(11)24-17/h2-8H,9-10H2,1H3,(H,18,22). The summed E-state index contributed by atoms with van der Waals surface area (Å²) < 4.78 is 5.73. The first-order valence-electron chi connectivity index (χ1n) is 7.33. The summed E-state index contributed by atoms with van der Waals surface area (Å²) in [5.41, 5.74) is 0.483. The van der Waals surface area contributed by atoms with Crippen molar-refractivity contribution in [2.75, 3.05) is 20.3 Å². The van der Waals surface area contributed by atoms with Gasteiger partial charge in [-0.1, -0.05) is 18.2 Å². The Hall–Kier alpha value is -2.64. The maximum atomic E-state index is 12.1. The fraction of sp³-hybridized carbons (Fsp3) is 0.176. The summed E-state index contributed by atoms with van der Waals surface area (Å²) in [7, 11) is 1.57. The van der Waals surface area contributed by atoms with Gasteiger partial charge in [0.25, 0.3) is 11.5 Å². The minimum Gasteiger partial charge on any atom is -0.383 e. The van der Waals surface area contributed by atoms with E-state index in [2.05, 4.69) is 15.3 Å². The van der Waals surface area contributed by atoms with Crippen molar-refractivity contribution in [3.05, 3.63) is 58.5 Å². The average molecular weight is 341 g/mol. The van der Waals surface area contributed by atoms with Gasteiger partial charge in [0, 0.05) is 18.4 Å². The fourth-order valence-corrected chi connectivity index (χ4v) is 3.13. The lowest BCUT2D eigenvalue weighted by atomic mass is 10.3. The minimum atomic E-state index is -0.295. The Labute approximate surface area is 142 Å². The van der Waals surface area contributed by atoms with Crippen LogP contribution >= 0.6 is 11.3 Å². The SMILES string of the molecule is COCCNC(=O)c1cccc(-c2nc(=O)c3ccccc3s2)n1. The van der Waals surface area contributed by atoms with E-state index in [1.54, 1.807) is 37.4 Å². The molecule has 0 aliphatic rings. The van der Waals surface area contributed by atoms with Gasteiger partial charge in [-0.3, -0.25) is 9.59 Å². The molecule has 0 saturated carbocycles. The highest BCUT2D eigenvalue weighted by Gasteiger charge is 2.11. The lowest BCUT2D eigenvalue weighted by molar-refractivity contribution is 0.0932. The normalized spacial score (nSPS) is 10.7. The van der Waals surface area contributed by atoms with Crippen LogP contribution in [-0.2, 0) is 4.74 Å². The molecule has 7 heteroatoms. The van der Waals surface area contributed by atoms with Crippen molar-refractivity contribution in [3.63, 3.8) is 0 Å². The second kappa shape index (κ2) is 7.29. The van der Waals surface area contributed by atoms with Crippen molar-refractivity contribution in [2.24, 2.45) is 0 Å². The summed E-state index contributed by atoms with van der Waals surface area (Å²) in [5, 5.41) is 3.79. The number of ether oxygens (including phenoxy) is 1. The zero-order chi connectivity index (χ0) is 16.9. The van der Waals surface area contributed by atoms with Gasteiger partial charge in [0.05, 0.1) is 17.7 Å². The van der Waals surface area contributed by atoms with E-state index in [0.717, 1.165) is 4.70 Å². The number of pyridine rings is 1. The molecule has 0 spiro atoms. The number of hydrogen-bond acceptors (Lipinski definition) is 6. The van der Waals surface area contributed by atoms with Crippen molar-refractivity contribution in [3.8, 4) is 10.7 Å². The number of benzene rings is 1. The third kappa shape index (κ3) is 3.47. The van der Waals surface area contributed by atoms with Crippen molar-refractivity contribution >= 4 is 27.3 Å². The number of rotatable bonds is 5. The van der Waals surface area contributed by atoms with Crippen LogP contribution in [0.2, 0.25) is 0 Å². The highest BCUT2D eigenvalue weighted by atomic mass is 32.1. The molecule has 24 heavy (non-hydrogen) atoms. The van der Waals surface area contributed by atoms with E-state index in [0.29, 0.717) is 29.2 Å². The van der Waals surface area contributed by atoms with Crippen molar-refractivity contribution in [2.45, 2.75) is 0 Å². The van der Waals surface area contributed by atoms with E-state index in [9.17, 15) is 9.59 Å². The van der Waals surface area contributed by atoms with Crippen LogP contribution < -0.4 is 10.9 Å². The summed E-state index contributed by atoms with van der Waals surface area (Å²) in [6.45, 7) is 0.835. The lowest BCUT2D eigenvalue weighted by Crippen LogP contribution is -2.27. The van der Waals surface area contributed by atoms with Gasteiger partial charge in [-0.05, 0) is 24.3 Å². The van der Waals surface area contributed by atoms with Gasteiger partial charge < -0.3 is 10.1 Å². The molecule has 2 heterocycles. The molecule has 0 atom stereocenters. The number of aromatic nitrogens is 2. The van der Waals surface area contributed by atoms with Gasteiger partial charge in [-0.15, -0.1) is 11.3 Å². The molecular formula is C17H15N3O3S. The Morgan fingerprint density at radius 3 is 2.83 bits per heavy atom. The summed E-state index contributed by atoms with van der Waals surface area (Å²) >= 11 is 1.37. The molecule has 1 aromatic carbocycles. The molecule has 6 nitrogen and oxygen atoms in total. The molecule has 0 aliphatic heterocycles. The van der Waals surface area contributed by atoms with Gasteiger partial charge in [0.2, 0.25) is 0 Å². The third-order valence-electron chi connectivity index (χ3n) is 3.32. The molecule has 3 aromatic rings. The lowest BCUT2D eigenvalue weighted by Gasteiger charge is -2.06. The zero-order valence-corrected chi connectivity index (χ0v) is 13.8. The summed E-state index contributed by atoms with van der Waals surface area (Å²) in [6, 6.07) is 12.4. The predicted octanol–water partition coefficient (Wildman–Crippen LogP) is 2.09. The number of hydrogen-bond donors (Lipinski definition) is 1. The number of nitrogens with one attached hydrogen (secondary N) is 1. The highest BCUT2D eigenvalue weighted by Crippen LogP contribution is 2.24. The number of amides is 1. The number of carbonyl (C=O) groups excluding carboxylic acids is 1. The molecule has 0 aliphatic carbocycles. The van der Waals surface area contributed by atoms with Gasteiger partial charge in [-0.25, -0.2) is 4.98 Å². The molecule has 3 rings (SSSR count). The van der Waals surface area contributed by atoms with Crippen LogP contribution in [-0.4, -0.2) is 36.1 Å². The average Bonchev–Trinajstić information content (AvgIpc) is 2.62. The first kappa shape index (κ1) is 16.2. The van der Waals surface area contributed by atoms with Crippen molar-refractivity contribution in [1.82, 2.24) is 15.3 Å². The van der Waals surface area contributed by atoms with Gasteiger partial charge in [-0.2, -0.15) is 4.98 Å². The molecule has 1 amide bonds. The van der Waals surface area contributed by atoms with Crippen molar-refractivity contribution < 1.29 is 9.53 Å². The third-order valence-corrected chi connectivity index (χ3v) is 4.39. The van der Waals surface area contributed by atoms with E-state index >= 15 is 0 Å². The first-order chi connectivity index (χ1) is 11.7. The maximum Gasteiger partial charge on any atom is 0.279 e. The second-order valence-corrected chi connectivity index (χ2v) is 6.01. The number of carbonyl (C=O) groups is 1. The Balaban J connectivity index is 1.94. The van der Waals surface area contributed by atoms with Crippen LogP contribution in [0.25, 0.3) is 20.8 Å². The predicted molar refractivity (Wildman–Crippen MR) is 93.3 cm³/mol. The van der Waals surface area contributed by atoms with E-state index in [4.69, 9.17) is 4.74 Å². The van der Waals surface area contributed by atoms with E-state index in [1.807, 2.05) is 12.1 Å². The molecule has 2 aromatic heterocycles. The van der Waals surface area contributed by atoms with Crippen LogP contribution in [0.3, 0.4) is 0 Å². The molecule has 122 valence electrons. The van der Waals surface area contributed by atoms with E-state index < -0.39 is 0 Å². The van der Waals surface area contributed by atoms with Crippen LogP contribution in [0, 0.1) is 0 Å². The Kier molecular flexibility index (Phi) is 4.93. The first-order valence-corrected chi connectivity index (χ1v) is 8.15. The number of nitrogens with zero attached hydrogens (tertiary/aromatic N) is 2. The molecule has 0 fully saturated rings. The number of fused-ring (bicyclic) bond motifs is 1. The molecule has 0 radical (unpaired) electrons. The van der Waals surface area contributed by atoms with Gasteiger partial charge in [0.1, 0.15) is 10.7 Å². The summed E-state index contributed by atoms with van der Waals surface area (Å²) in [4.78, 5) is 32.6. The van der Waals surface area contributed by atoms with Gasteiger partial charge in [0.15, 0.2) is 0 Å². The summed E-state index contributed by atoms with van der Waals surface area (Å²) in [5.74, 6) is -0.290. The molecular weight excluding hydrogens is 326 g/mol. The van der Waals surface area contributed by atoms with Crippen LogP contribution in [0.4, 0.5) is 0 Å². The van der Waals surface area contributed by atoms with Crippen LogP contribution in [0.1, 0.15) is 10.5 Å². The minimum absolute atomic E-state index is 0.276. The maximum absolute atomic E-state index is 12.1. The number of methoxy groups -OCH3 is 1.